The fourth-order valence-corrected chi connectivity index (χ4v) is 14.8. The zero-order valence-corrected chi connectivity index (χ0v) is 18.8. The van der Waals surface area contributed by atoms with Gasteiger partial charge in [0, 0.05) is 6.61 Å². The van der Waals surface area contributed by atoms with Crippen molar-refractivity contribution < 1.29 is 13.0 Å². The topological polar surface area (TPSA) is 27.7 Å². The van der Waals surface area contributed by atoms with Crippen LogP contribution in [0.4, 0.5) is 0 Å². The highest BCUT2D eigenvalue weighted by atomic mass is 28.5. The molecule has 0 amide bonds. The molecule has 0 fully saturated rings. The van der Waals surface area contributed by atoms with Gasteiger partial charge in [0.1, 0.15) is 0 Å². The summed E-state index contributed by atoms with van der Waals surface area (Å²) in [7, 11) is -5.25. The number of ether oxygens (including phenoxy) is 1. The van der Waals surface area contributed by atoms with Crippen LogP contribution in [-0.4, -0.2) is 38.4 Å². The van der Waals surface area contributed by atoms with Gasteiger partial charge in [0.15, 0.2) is 16.6 Å². The molecule has 0 N–H and O–H groups in total. The van der Waals surface area contributed by atoms with E-state index in [0.717, 1.165) is 19.1 Å². The van der Waals surface area contributed by atoms with Gasteiger partial charge in [-0.1, -0.05) is 13.8 Å². The minimum atomic E-state index is -2.09. The molecule has 1 radical (unpaired) electrons. The van der Waals surface area contributed by atoms with Crippen LogP contribution in [0.15, 0.2) is 0 Å². The molecule has 0 unspecified atom stereocenters. The summed E-state index contributed by atoms with van der Waals surface area (Å²) in [5, 5.41) is 0. The van der Waals surface area contributed by atoms with Gasteiger partial charge in [-0.3, -0.25) is 0 Å². The molecule has 6 heteroatoms. The van der Waals surface area contributed by atoms with Crippen molar-refractivity contribution in [3.8, 4) is 0 Å². The summed E-state index contributed by atoms with van der Waals surface area (Å²) in [5.41, 5.74) is -0.00955. The minimum Gasteiger partial charge on any atom is -0.437 e. The van der Waals surface area contributed by atoms with Gasteiger partial charge in [-0.2, -0.15) is 0 Å². The minimum absolute atomic E-state index is 0.00955. The second-order valence-corrected chi connectivity index (χ2v) is 21.7. The molecule has 0 aliphatic rings. The molecule has 0 aliphatic carbocycles. The zero-order chi connectivity index (χ0) is 16.9. The van der Waals surface area contributed by atoms with Gasteiger partial charge in [-0.15, -0.1) is 0 Å². The second kappa shape index (κ2) is 7.88. The molecule has 0 spiro atoms. The Morgan fingerprint density at radius 3 is 1.62 bits per heavy atom. The predicted molar refractivity (Wildman–Crippen MR) is 99.9 cm³/mol. The lowest BCUT2D eigenvalue weighted by molar-refractivity contribution is 0.0820. The molecule has 0 aromatic carbocycles. The Bertz CT molecular complexity index is 285. The lowest BCUT2D eigenvalue weighted by Crippen LogP contribution is -2.52. The van der Waals surface area contributed by atoms with E-state index in [1.807, 2.05) is 0 Å². The second-order valence-electron chi connectivity index (χ2n) is 8.88. The monoisotopic (exact) mass is 349 g/mol. The highest BCUT2D eigenvalue weighted by molar-refractivity contribution is 6.87. The maximum atomic E-state index is 6.47. The maximum absolute atomic E-state index is 6.47. The summed E-state index contributed by atoms with van der Waals surface area (Å²) < 4.78 is 18.7. The van der Waals surface area contributed by atoms with E-state index < -0.39 is 25.2 Å². The van der Waals surface area contributed by atoms with Crippen LogP contribution >= 0.6 is 0 Å². The zero-order valence-electron chi connectivity index (χ0n) is 15.8. The van der Waals surface area contributed by atoms with E-state index in [1.165, 1.54) is 0 Å². The molecule has 0 atom stereocenters. The van der Waals surface area contributed by atoms with Crippen LogP contribution in [0.5, 0.6) is 0 Å². The summed E-state index contributed by atoms with van der Waals surface area (Å²) in [6.45, 7) is 25.4. The lowest BCUT2D eigenvalue weighted by atomic mass is 9.99. The SMILES string of the molecule is [CH2]C(C)(C)COCCC[Si](C)(O[Si](C)(C)C)O[Si](C)(C)C. The molecule has 0 aromatic rings. The van der Waals surface area contributed by atoms with Crippen LogP contribution < -0.4 is 0 Å². The first-order chi connectivity index (χ1) is 9.12. The average molecular weight is 350 g/mol. The van der Waals surface area contributed by atoms with E-state index in [2.05, 4.69) is 66.6 Å². The Labute approximate surface area is 136 Å². The third-order valence-corrected chi connectivity index (χ3v) is 12.1. The fourth-order valence-electron chi connectivity index (χ4n) is 2.26. The van der Waals surface area contributed by atoms with Crippen LogP contribution in [0.3, 0.4) is 0 Å². The van der Waals surface area contributed by atoms with Crippen LogP contribution in [0.2, 0.25) is 51.9 Å². The molecule has 21 heavy (non-hydrogen) atoms. The summed E-state index contributed by atoms with van der Waals surface area (Å²) in [5.74, 6) is 0. The summed E-state index contributed by atoms with van der Waals surface area (Å²) in [6, 6.07) is 1.01. The third kappa shape index (κ3) is 13.9. The van der Waals surface area contributed by atoms with Gasteiger partial charge < -0.3 is 13.0 Å². The normalized spacial score (nSPS) is 14.6. The Balaban J connectivity index is 4.42. The van der Waals surface area contributed by atoms with E-state index in [-0.39, 0.29) is 5.41 Å². The predicted octanol–water partition coefficient (Wildman–Crippen LogP) is 5.03. The first kappa shape index (κ1) is 21.5. The molecular weight excluding hydrogens is 312 g/mol. The summed E-state index contributed by atoms with van der Waals surface area (Å²) in [6.07, 6.45) is 1.01. The van der Waals surface area contributed by atoms with E-state index >= 15 is 0 Å². The largest absolute Gasteiger partial charge is 0.437 e. The van der Waals surface area contributed by atoms with Gasteiger partial charge in [0.25, 0.3) is 0 Å². The van der Waals surface area contributed by atoms with Crippen LogP contribution in [0, 0.1) is 12.3 Å². The van der Waals surface area contributed by atoms with Gasteiger partial charge in [0.2, 0.25) is 0 Å². The Morgan fingerprint density at radius 1 is 0.857 bits per heavy atom. The smallest absolute Gasteiger partial charge is 0.314 e. The third-order valence-electron chi connectivity index (χ3n) is 2.46. The lowest BCUT2D eigenvalue weighted by Gasteiger charge is -2.38. The van der Waals surface area contributed by atoms with Crippen molar-refractivity contribution in [1.82, 2.24) is 0 Å². The van der Waals surface area contributed by atoms with Crippen molar-refractivity contribution in [2.45, 2.75) is 72.1 Å². The standard InChI is InChI=1S/C15H37O3Si3/c1-15(2,3)14-16-12-11-13-21(10,17-19(4,5)6)18-20(7,8)9/h1,11-14H2,2-10H3. The van der Waals surface area contributed by atoms with Crippen molar-refractivity contribution in [3.05, 3.63) is 6.92 Å². The average Bonchev–Trinajstić information content (AvgIpc) is 2.07. The molecular formula is C15H37O3Si3. The van der Waals surface area contributed by atoms with Gasteiger partial charge in [-0.05, 0) is 70.6 Å². The molecule has 127 valence electrons. The molecule has 0 rings (SSSR count). The molecule has 0 saturated heterocycles. The molecule has 0 heterocycles. The molecule has 0 aromatic heterocycles. The Hall–Kier alpha value is 0.531. The Morgan fingerprint density at radius 2 is 1.29 bits per heavy atom. The number of hydrogen-bond acceptors (Lipinski definition) is 3. The summed E-state index contributed by atoms with van der Waals surface area (Å²) in [4.78, 5) is 0. The van der Waals surface area contributed by atoms with Gasteiger partial charge in [-0.25, -0.2) is 0 Å². The van der Waals surface area contributed by atoms with E-state index in [1.54, 1.807) is 0 Å². The van der Waals surface area contributed by atoms with Crippen molar-refractivity contribution >= 4 is 25.2 Å². The van der Waals surface area contributed by atoms with Crippen LogP contribution in [0.1, 0.15) is 20.3 Å². The van der Waals surface area contributed by atoms with Crippen molar-refractivity contribution in [2.24, 2.45) is 5.41 Å². The maximum Gasteiger partial charge on any atom is 0.314 e. The van der Waals surface area contributed by atoms with Crippen LogP contribution in [-0.2, 0) is 13.0 Å². The highest BCUT2D eigenvalue weighted by Crippen LogP contribution is 2.25. The number of hydrogen-bond donors (Lipinski definition) is 0. The molecule has 0 saturated carbocycles. The van der Waals surface area contributed by atoms with E-state index in [9.17, 15) is 0 Å². The summed E-state index contributed by atoms with van der Waals surface area (Å²) >= 11 is 0. The molecule has 0 aliphatic heterocycles. The first-order valence-corrected chi connectivity index (χ1v) is 17.3. The quantitative estimate of drug-likeness (QED) is 0.409. The van der Waals surface area contributed by atoms with Crippen molar-refractivity contribution in [2.75, 3.05) is 13.2 Å². The first-order valence-electron chi connectivity index (χ1n) is 7.95. The van der Waals surface area contributed by atoms with Gasteiger partial charge >= 0.3 is 8.56 Å². The number of rotatable bonds is 10. The highest BCUT2D eigenvalue weighted by Gasteiger charge is 2.39. The van der Waals surface area contributed by atoms with Gasteiger partial charge in [0.05, 0.1) is 6.61 Å². The van der Waals surface area contributed by atoms with Crippen molar-refractivity contribution in [1.29, 1.82) is 0 Å². The van der Waals surface area contributed by atoms with Crippen LogP contribution in [0.25, 0.3) is 0 Å². The Kier molecular flexibility index (Phi) is 8.08. The molecule has 3 nitrogen and oxygen atoms in total. The van der Waals surface area contributed by atoms with E-state index in [0.29, 0.717) is 6.61 Å². The van der Waals surface area contributed by atoms with Crippen molar-refractivity contribution in [3.63, 3.8) is 0 Å². The van der Waals surface area contributed by atoms with E-state index in [4.69, 9.17) is 13.0 Å². The fraction of sp³-hybridized carbons (Fsp3) is 0.933. The molecule has 0 bridgehead atoms.